The molecule has 124 valence electrons. The molecule has 4 nitrogen and oxygen atoms in total. The molecular formula is C21H16O4. The van der Waals surface area contributed by atoms with Gasteiger partial charge < -0.3 is 9.47 Å². The third-order valence-corrected chi connectivity index (χ3v) is 3.72. The third-order valence-electron chi connectivity index (χ3n) is 3.72. The number of hydrogen-bond donors (Lipinski definition) is 0. The number of carbonyl (C=O) groups is 2. The molecule has 0 amide bonds. The summed E-state index contributed by atoms with van der Waals surface area (Å²) in [6.07, 6.45) is 1.12. The van der Waals surface area contributed by atoms with Gasteiger partial charge in [-0.1, -0.05) is 37.4 Å². The highest BCUT2D eigenvalue weighted by molar-refractivity contribution is 6.08. The molecule has 0 heterocycles. The second-order valence-corrected chi connectivity index (χ2v) is 5.63. The predicted octanol–water partition coefficient (Wildman–Crippen LogP) is 4.57. The molecule has 0 bridgehead atoms. The molecule has 0 fully saturated rings. The van der Waals surface area contributed by atoms with Crippen LogP contribution in [0, 0.1) is 0 Å². The lowest BCUT2D eigenvalue weighted by Gasteiger charge is -2.09. The van der Waals surface area contributed by atoms with Gasteiger partial charge in [0.1, 0.15) is 11.5 Å². The Bertz CT molecular complexity index is 1030. The Hall–Kier alpha value is -3.40. The van der Waals surface area contributed by atoms with Crippen molar-refractivity contribution in [1.82, 2.24) is 0 Å². The molecule has 0 spiro atoms. The van der Waals surface area contributed by atoms with Crippen molar-refractivity contribution in [3.8, 4) is 11.5 Å². The quantitative estimate of drug-likeness (QED) is 0.304. The van der Waals surface area contributed by atoms with Crippen LogP contribution >= 0.6 is 0 Å². The minimum absolute atomic E-state index is 0.347. The Morgan fingerprint density at radius 3 is 1.88 bits per heavy atom. The number of rotatable bonds is 4. The monoisotopic (exact) mass is 332 g/mol. The minimum atomic E-state index is -0.496. The zero-order valence-electron chi connectivity index (χ0n) is 13.7. The highest BCUT2D eigenvalue weighted by Crippen LogP contribution is 2.30. The van der Waals surface area contributed by atoms with Gasteiger partial charge in [-0.05, 0) is 52.7 Å². The highest BCUT2D eigenvalue weighted by atomic mass is 16.5. The van der Waals surface area contributed by atoms with Crippen LogP contribution in [0.5, 0.6) is 11.5 Å². The van der Waals surface area contributed by atoms with Crippen LogP contribution in [-0.2, 0) is 9.59 Å². The van der Waals surface area contributed by atoms with Gasteiger partial charge in [0.2, 0.25) is 0 Å². The number of fused-ring (bicyclic) bond motifs is 3. The largest absolute Gasteiger partial charge is 0.423 e. The van der Waals surface area contributed by atoms with Gasteiger partial charge in [-0.2, -0.15) is 0 Å². The Kier molecular flexibility index (Phi) is 4.35. The molecule has 3 aromatic carbocycles. The maximum Gasteiger partial charge on any atom is 0.338 e. The number of hydrogen-bond acceptors (Lipinski definition) is 4. The lowest BCUT2D eigenvalue weighted by molar-refractivity contribution is -0.130. The summed E-state index contributed by atoms with van der Waals surface area (Å²) in [5.74, 6) is -0.0157. The fourth-order valence-electron chi connectivity index (χ4n) is 2.51. The molecule has 0 N–H and O–H groups in total. The first kappa shape index (κ1) is 16.5. The first-order valence-corrected chi connectivity index (χ1v) is 7.66. The van der Waals surface area contributed by atoms with Gasteiger partial charge in [-0.25, -0.2) is 9.59 Å². The minimum Gasteiger partial charge on any atom is -0.423 e. The lowest BCUT2D eigenvalue weighted by Crippen LogP contribution is -2.07. The van der Waals surface area contributed by atoms with Crippen LogP contribution in [0.2, 0.25) is 0 Å². The molecule has 0 unspecified atom stereocenters. The molecular weight excluding hydrogens is 316 g/mol. The first-order chi connectivity index (χ1) is 12.0. The van der Waals surface area contributed by atoms with Gasteiger partial charge in [0.05, 0.1) is 0 Å². The fraction of sp³-hybridized carbons (Fsp3) is 0.0476. The molecule has 0 aromatic heterocycles. The third kappa shape index (κ3) is 3.43. The van der Waals surface area contributed by atoms with E-state index < -0.39 is 11.9 Å². The van der Waals surface area contributed by atoms with Gasteiger partial charge in [0.15, 0.2) is 0 Å². The summed E-state index contributed by atoms with van der Waals surface area (Å²) in [5.41, 5.74) is 0.347. The van der Waals surface area contributed by atoms with E-state index in [1.54, 1.807) is 31.2 Å². The summed E-state index contributed by atoms with van der Waals surface area (Å²) in [4.78, 5) is 23.0. The van der Waals surface area contributed by atoms with Crippen LogP contribution in [0.4, 0.5) is 0 Å². The van der Waals surface area contributed by atoms with Crippen LogP contribution < -0.4 is 9.47 Å². The summed E-state index contributed by atoms with van der Waals surface area (Å²) < 4.78 is 10.4. The standard InChI is InChI=1S/C21H16O4/c1-4-20(22)24-16-7-9-18-14(11-16)5-6-15-12-17(8-10-19(15)18)25-21(23)13(2)3/h4-12H,1-2H2,3H3. The Morgan fingerprint density at radius 2 is 1.40 bits per heavy atom. The fourth-order valence-corrected chi connectivity index (χ4v) is 2.51. The lowest BCUT2D eigenvalue weighted by atomic mass is 10.0. The van der Waals surface area contributed by atoms with Crippen molar-refractivity contribution in [2.45, 2.75) is 6.92 Å². The van der Waals surface area contributed by atoms with Crippen molar-refractivity contribution in [2.75, 3.05) is 0 Å². The summed E-state index contributed by atoms with van der Waals surface area (Å²) in [7, 11) is 0. The zero-order chi connectivity index (χ0) is 18.0. The van der Waals surface area contributed by atoms with E-state index in [-0.39, 0.29) is 0 Å². The van der Waals surface area contributed by atoms with Crippen LogP contribution in [0.25, 0.3) is 21.5 Å². The van der Waals surface area contributed by atoms with E-state index in [1.165, 1.54) is 0 Å². The van der Waals surface area contributed by atoms with Crippen LogP contribution in [0.15, 0.2) is 73.3 Å². The van der Waals surface area contributed by atoms with Gasteiger partial charge in [0, 0.05) is 11.6 Å². The van der Waals surface area contributed by atoms with E-state index in [1.807, 2.05) is 24.3 Å². The van der Waals surface area contributed by atoms with E-state index in [9.17, 15) is 9.59 Å². The van der Waals surface area contributed by atoms with Gasteiger partial charge in [-0.3, -0.25) is 0 Å². The summed E-state index contributed by atoms with van der Waals surface area (Å²) >= 11 is 0. The number of esters is 2. The topological polar surface area (TPSA) is 52.6 Å². The van der Waals surface area contributed by atoms with E-state index in [0.717, 1.165) is 27.6 Å². The van der Waals surface area contributed by atoms with Crippen molar-refractivity contribution in [1.29, 1.82) is 0 Å². The van der Waals surface area contributed by atoms with Crippen molar-refractivity contribution in [2.24, 2.45) is 0 Å². The molecule has 0 aliphatic carbocycles. The van der Waals surface area contributed by atoms with Crippen LogP contribution in [0.1, 0.15) is 6.92 Å². The van der Waals surface area contributed by atoms with Crippen LogP contribution in [-0.4, -0.2) is 11.9 Å². The van der Waals surface area contributed by atoms with E-state index >= 15 is 0 Å². The highest BCUT2D eigenvalue weighted by Gasteiger charge is 2.08. The SMILES string of the molecule is C=CC(=O)Oc1ccc2c(ccc3cc(OC(=O)C(=C)C)ccc32)c1. The van der Waals surface area contributed by atoms with E-state index in [2.05, 4.69) is 13.2 Å². The zero-order valence-corrected chi connectivity index (χ0v) is 13.7. The predicted molar refractivity (Wildman–Crippen MR) is 97.7 cm³/mol. The van der Waals surface area contributed by atoms with Crippen molar-refractivity contribution >= 4 is 33.5 Å². The molecule has 0 aliphatic rings. The van der Waals surface area contributed by atoms with Crippen LogP contribution in [0.3, 0.4) is 0 Å². The second kappa shape index (κ2) is 6.61. The molecule has 4 heteroatoms. The maximum absolute atomic E-state index is 11.6. The molecule has 0 saturated heterocycles. The second-order valence-electron chi connectivity index (χ2n) is 5.63. The molecule has 0 saturated carbocycles. The van der Waals surface area contributed by atoms with Gasteiger partial charge in [0.25, 0.3) is 0 Å². The number of benzene rings is 3. The van der Waals surface area contributed by atoms with Crippen molar-refractivity contribution in [3.05, 3.63) is 73.3 Å². The average molecular weight is 332 g/mol. The molecule has 0 atom stereocenters. The normalized spacial score (nSPS) is 10.4. The van der Waals surface area contributed by atoms with Gasteiger partial charge in [-0.15, -0.1) is 0 Å². The smallest absolute Gasteiger partial charge is 0.338 e. The first-order valence-electron chi connectivity index (χ1n) is 7.66. The number of ether oxygens (including phenoxy) is 2. The Morgan fingerprint density at radius 1 is 0.880 bits per heavy atom. The average Bonchev–Trinajstić information content (AvgIpc) is 2.61. The summed E-state index contributed by atoms with van der Waals surface area (Å²) in [6.45, 7) is 8.56. The molecule has 3 rings (SSSR count). The Labute approximate surface area is 145 Å². The molecule has 0 aliphatic heterocycles. The van der Waals surface area contributed by atoms with E-state index in [4.69, 9.17) is 9.47 Å². The van der Waals surface area contributed by atoms with E-state index in [0.29, 0.717) is 17.1 Å². The molecule has 0 radical (unpaired) electrons. The van der Waals surface area contributed by atoms with Crippen molar-refractivity contribution < 1.29 is 19.1 Å². The molecule has 25 heavy (non-hydrogen) atoms. The van der Waals surface area contributed by atoms with Gasteiger partial charge >= 0.3 is 11.9 Å². The Balaban J connectivity index is 2.01. The maximum atomic E-state index is 11.6. The summed E-state index contributed by atoms with van der Waals surface area (Å²) in [5, 5.41) is 3.90. The number of carbonyl (C=O) groups excluding carboxylic acids is 2. The summed E-state index contributed by atoms with van der Waals surface area (Å²) in [6, 6.07) is 14.7. The molecule has 3 aromatic rings. The van der Waals surface area contributed by atoms with Crippen molar-refractivity contribution in [3.63, 3.8) is 0 Å².